The molecule has 0 aromatic heterocycles. The Hall–Kier alpha value is -1.96. The summed E-state index contributed by atoms with van der Waals surface area (Å²) in [6.45, 7) is 3.11. The van der Waals surface area contributed by atoms with Gasteiger partial charge in [0, 0.05) is 18.7 Å². The van der Waals surface area contributed by atoms with Gasteiger partial charge in [-0.2, -0.15) is 4.31 Å². The molecule has 5 nitrogen and oxygen atoms in total. The number of amides is 1. The third kappa shape index (κ3) is 4.31. The van der Waals surface area contributed by atoms with Crippen molar-refractivity contribution in [2.24, 2.45) is 5.92 Å². The molecule has 144 valence electrons. The zero-order valence-corrected chi connectivity index (χ0v) is 16.4. The van der Waals surface area contributed by atoms with Gasteiger partial charge in [-0.3, -0.25) is 4.79 Å². The monoisotopic (exact) mass is 410 g/mol. The Morgan fingerprint density at radius 3 is 2.41 bits per heavy atom. The van der Waals surface area contributed by atoms with Gasteiger partial charge in [-0.1, -0.05) is 24.6 Å². The smallest absolute Gasteiger partial charge is 0.255 e. The van der Waals surface area contributed by atoms with E-state index in [-0.39, 0.29) is 21.2 Å². The fourth-order valence-electron chi connectivity index (χ4n) is 2.95. The van der Waals surface area contributed by atoms with E-state index in [4.69, 9.17) is 11.6 Å². The molecule has 0 saturated carbocycles. The summed E-state index contributed by atoms with van der Waals surface area (Å²) in [6.07, 6.45) is 1.68. The lowest BCUT2D eigenvalue weighted by molar-refractivity contribution is 0.102. The first-order valence-electron chi connectivity index (χ1n) is 8.64. The lowest BCUT2D eigenvalue weighted by Gasteiger charge is -2.29. The Labute approximate surface area is 163 Å². The molecular formula is C19H20ClFN2O3S. The van der Waals surface area contributed by atoms with Gasteiger partial charge in [0.2, 0.25) is 10.0 Å². The van der Waals surface area contributed by atoms with Crippen LogP contribution in [0.1, 0.15) is 30.1 Å². The second-order valence-electron chi connectivity index (χ2n) is 6.67. The van der Waals surface area contributed by atoms with Crippen LogP contribution in [0.25, 0.3) is 0 Å². The largest absolute Gasteiger partial charge is 0.319 e. The average Bonchev–Trinajstić information content (AvgIpc) is 2.66. The van der Waals surface area contributed by atoms with Crippen molar-refractivity contribution < 1.29 is 17.6 Å². The summed E-state index contributed by atoms with van der Waals surface area (Å²) in [6, 6.07) is 9.93. The van der Waals surface area contributed by atoms with Crippen LogP contribution in [0.5, 0.6) is 0 Å². The molecule has 2 aromatic carbocycles. The average molecular weight is 411 g/mol. The van der Waals surface area contributed by atoms with Crippen LogP contribution in [0.2, 0.25) is 5.02 Å². The number of benzene rings is 2. The van der Waals surface area contributed by atoms with Gasteiger partial charge in [-0.05, 0) is 55.2 Å². The van der Waals surface area contributed by atoms with Crippen LogP contribution in [-0.2, 0) is 10.0 Å². The van der Waals surface area contributed by atoms with Crippen molar-refractivity contribution in [1.29, 1.82) is 0 Å². The second-order valence-corrected chi connectivity index (χ2v) is 9.01. The van der Waals surface area contributed by atoms with Gasteiger partial charge < -0.3 is 5.32 Å². The molecule has 0 spiro atoms. The minimum Gasteiger partial charge on any atom is -0.319 e. The molecule has 0 unspecified atom stereocenters. The quantitative estimate of drug-likeness (QED) is 0.823. The van der Waals surface area contributed by atoms with E-state index in [1.54, 1.807) is 0 Å². The normalized spacial score (nSPS) is 16.3. The SMILES string of the molecule is CC1CCN(S(=O)(=O)c2ccc(C(=O)Nc3cccc(Cl)c3F)cc2)CC1. The maximum absolute atomic E-state index is 13.9. The molecule has 1 fully saturated rings. The number of anilines is 1. The van der Waals surface area contributed by atoms with Gasteiger partial charge in [0.15, 0.2) is 5.82 Å². The van der Waals surface area contributed by atoms with Crippen LogP contribution in [0.4, 0.5) is 10.1 Å². The van der Waals surface area contributed by atoms with Crippen LogP contribution >= 0.6 is 11.6 Å². The van der Waals surface area contributed by atoms with E-state index in [2.05, 4.69) is 12.2 Å². The number of carbonyl (C=O) groups excluding carboxylic acids is 1. The summed E-state index contributed by atoms with van der Waals surface area (Å²) in [5.74, 6) is -0.743. The zero-order chi connectivity index (χ0) is 19.6. The van der Waals surface area contributed by atoms with Crippen molar-refractivity contribution in [2.75, 3.05) is 18.4 Å². The van der Waals surface area contributed by atoms with Crippen molar-refractivity contribution in [1.82, 2.24) is 4.31 Å². The molecule has 1 aliphatic rings. The maximum atomic E-state index is 13.9. The minimum absolute atomic E-state index is 0.0355. The first-order chi connectivity index (χ1) is 12.8. The van der Waals surface area contributed by atoms with Crippen molar-refractivity contribution in [3.8, 4) is 0 Å². The predicted molar refractivity (Wildman–Crippen MR) is 103 cm³/mol. The third-order valence-corrected chi connectivity index (χ3v) is 6.90. The Morgan fingerprint density at radius 1 is 1.15 bits per heavy atom. The number of sulfonamides is 1. The minimum atomic E-state index is -3.57. The molecule has 3 rings (SSSR count). The molecule has 0 aliphatic carbocycles. The summed E-state index contributed by atoms with van der Waals surface area (Å²) >= 11 is 5.70. The van der Waals surface area contributed by atoms with Crippen LogP contribution in [0.3, 0.4) is 0 Å². The van der Waals surface area contributed by atoms with Gasteiger partial charge in [0.25, 0.3) is 5.91 Å². The molecule has 0 bridgehead atoms. The molecule has 1 amide bonds. The zero-order valence-electron chi connectivity index (χ0n) is 14.8. The first-order valence-corrected chi connectivity index (χ1v) is 10.5. The topological polar surface area (TPSA) is 66.5 Å². The van der Waals surface area contributed by atoms with E-state index in [1.165, 1.54) is 46.8 Å². The van der Waals surface area contributed by atoms with Crippen molar-refractivity contribution >= 4 is 33.2 Å². The number of hydrogen-bond donors (Lipinski definition) is 1. The number of piperidine rings is 1. The van der Waals surface area contributed by atoms with Crippen molar-refractivity contribution in [3.63, 3.8) is 0 Å². The highest BCUT2D eigenvalue weighted by Gasteiger charge is 2.28. The Bertz CT molecular complexity index is 940. The highest BCUT2D eigenvalue weighted by atomic mass is 35.5. The first kappa shape index (κ1) is 19.8. The number of nitrogens with one attached hydrogen (secondary N) is 1. The summed E-state index contributed by atoms with van der Waals surface area (Å²) < 4.78 is 40.8. The molecule has 2 aromatic rings. The fraction of sp³-hybridized carbons (Fsp3) is 0.316. The molecule has 0 radical (unpaired) electrons. The van der Waals surface area contributed by atoms with E-state index in [0.29, 0.717) is 19.0 Å². The van der Waals surface area contributed by atoms with E-state index in [9.17, 15) is 17.6 Å². The fourth-order valence-corrected chi connectivity index (χ4v) is 4.59. The summed E-state index contributed by atoms with van der Waals surface area (Å²) in [4.78, 5) is 12.4. The lowest BCUT2D eigenvalue weighted by Crippen LogP contribution is -2.37. The number of carbonyl (C=O) groups is 1. The van der Waals surface area contributed by atoms with Gasteiger partial charge >= 0.3 is 0 Å². The highest BCUT2D eigenvalue weighted by molar-refractivity contribution is 7.89. The Kier molecular flexibility index (Phi) is 5.83. The second kappa shape index (κ2) is 7.96. The van der Waals surface area contributed by atoms with Gasteiger partial charge in [0.05, 0.1) is 15.6 Å². The summed E-state index contributed by atoms with van der Waals surface area (Å²) in [5.41, 5.74) is 0.187. The molecule has 1 heterocycles. The lowest BCUT2D eigenvalue weighted by atomic mass is 10.0. The number of hydrogen-bond acceptors (Lipinski definition) is 3. The van der Waals surface area contributed by atoms with Crippen molar-refractivity contribution in [2.45, 2.75) is 24.7 Å². The summed E-state index contributed by atoms with van der Waals surface area (Å²) in [5, 5.41) is 2.34. The molecule has 27 heavy (non-hydrogen) atoms. The van der Waals surface area contributed by atoms with E-state index in [0.717, 1.165) is 12.8 Å². The molecule has 1 aliphatic heterocycles. The molecule has 1 saturated heterocycles. The van der Waals surface area contributed by atoms with Crippen LogP contribution in [0.15, 0.2) is 47.4 Å². The van der Waals surface area contributed by atoms with Gasteiger partial charge in [-0.25, -0.2) is 12.8 Å². The Morgan fingerprint density at radius 2 is 1.78 bits per heavy atom. The predicted octanol–water partition coefficient (Wildman–Crippen LogP) is 4.15. The Balaban J connectivity index is 1.74. The molecule has 0 atom stereocenters. The third-order valence-electron chi connectivity index (χ3n) is 4.70. The van der Waals surface area contributed by atoms with Crippen molar-refractivity contribution in [3.05, 3.63) is 58.9 Å². The van der Waals surface area contributed by atoms with Crippen LogP contribution in [-0.4, -0.2) is 31.7 Å². The number of halogens is 2. The molecule has 8 heteroatoms. The standard InChI is InChI=1S/C19H20ClFN2O3S/c1-13-9-11-23(12-10-13)27(25,26)15-7-5-14(6-8-15)19(24)22-17-4-2-3-16(20)18(17)21/h2-8,13H,9-12H2,1H3,(H,22,24). The highest BCUT2D eigenvalue weighted by Crippen LogP contribution is 2.25. The number of rotatable bonds is 4. The van der Waals surface area contributed by atoms with Crippen LogP contribution < -0.4 is 5.32 Å². The number of nitrogens with zero attached hydrogens (tertiary/aromatic N) is 1. The van der Waals surface area contributed by atoms with Gasteiger partial charge in [-0.15, -0.1) is 0 Å². The van der Waals surface area contributed by atoms with E-state index < -0.39 is 21.7 Å². The molecule has 1 N–H and O–H groups in total. The van der Waals surface area contributed by atoms with E-state index in [1.807, 2.05) is 0 Å². The van der Waals surface area contributed by atoms with Crippen LogP contribution in [0, 0.1) is 11.7 Å². The maximum Gasteiger partial charge on any atom is 0.255 e. The van der Waals surface area contributed by atoms with E-state index >= 15 is 0 Å². The summed E-state index contributed by atoms with van der Waals surface area (Å²) in [7, 11) is -3.57. The van der Waals surface area contributed by atoms with Gasteiger partial charge in [0.1, 0.15) is 0 Å². The molecular weight excluding hydrogens is 391 g/mol.